The summed E-state index contributed by atoms with van der Waals surface area (Å²) >= 11 is 0. The summed E-state index contributed by atoms with van der Waals surface area (Å²) in [6.07, 6.45) is 0.824. The third-order valence-corrected chi connectivity index (χ3v) is 5.41. The minimum Gasteiger partial charge on any atom is -0.494 e. The van der Waals surface area contributed by atoms with Crippen LogP contribution in [0.1, 0.15) is 29.5 Å². The molecule has 4 aromatic rings. The number of carbonyl (C=O) groups is 1. The number of esters is 1. The van der Waals surface area contributed by atoms with Crippen LogP contribution in [0.4, 0.5) is 0 Å². The van der Waals surface area contributed by atoms with Crippen molar-refractivity contribution in [2.45, 2.75) is 26.8 Å². The molecule has 0 saturated carbocycles. The molecular weight excluding hydrogens is 412 g/mol. The summed E-state index contributed by atoms with van der Waals surface area (Å²) in [4.78, 5) is 16.7. The molecule has 0 unspecified atom stereocenters. The van der Waals surface area contributed by atoms with Gasteiger partial charge in [0.15, 0.2) is 0 Å². The lowest BCUT2D eigenvalue weighted by atomic mass is 10.0. The number of nitrogens with zero attached hydrogens (tertiary/aromatic N) is 2. The zero-order valence-electron chi connectivity index (χ0n) is 19.0. The Balaban J connectivity index is 1.47. The van der Waals surface area contributed by atoms with Crippen LogP contribution in [0.15, 0.2) is 84.9 Å². The van der Waals surface area contributed by atoms with Crippen LogP contribution >= 0.6 is 0 Å². The number of imidazole rings is 1. The van der Waals surface area contributed by atoms with Gasteiger partial charge in [0.25, 0.3) is 0 Å². The Bertz CT molecular complexity index is 1180. The van der Waals surface area contributed by atoms with Crippen LogP contribution in [-0.4, -0.2) is 28.7 Å². The van der Waals surface area contributed by atoms with Gasteiger partial charge in [-0.1, -0.05) is 60.7 Å². The van der Waals surface area contributed by atoms with Crippen molar-refractivity contribution in [3.63, 3.8) is 0 Å². The van der Waals surface area contributed by atoms with E-state index >= 15 is 0 Å². The van der Waals surface area contributed by atoms with E-state index in [9.17, 15) is 4.79 Å². The first-order valence-electron chi connectivity index (χ1n) is 11.3. The molecule has 168 valence electrons. The zero-order chi connectivity index (χ0) is 23.0. The van der Waals surface area contributed by atoms with Gasteiger partial charge in [0.1, 0.15) is 11.6 Å². The van der Waals surface area contributed by atoms with Gasteiger partial charge in [0.2, 0.25) is 0 Å². The first-order valence-corrected chi connectivity index (χ1v) is 11.3. The molecule has 1 aromatic heterocycles. The number of ether oxygens (including phenoxy) is 2. The van der Waals surface area contributed by atoms with Gasteiger partial charge in [-0.3, -0.25) is 0 Å². The molecule has 1 heterocycles. The molecular formula is C28H28N2O3. The van der Waals surface area contributed by atoms with E-state index in [-0.39, 0.29) is 5.97 Å². The summed E-state index contributed by atoms with van der Waals surface area (Å²) in [6, 6.07) is 27.8. The zero-order valence-corrected chi connectivity index (χ0v) is 19.0. The Morgan fingerprint density at radius 2 is 1.52 bits per heavy atom. The van der Waals surface area contributed by atoms with E-state index in [0.717, 1.165) is 47.1 Å². The van der Waals surface area contributed by atoms with E-state index in [1.165, 1.54) is 0 Å². The quantitative estimate of drug-likeness (QED) is 0.231. The smallest absolute Gasteiger partial charge is 0.338 e. The fraction of sp³-hybridized carbons (Fsp3) is 0.214. The van der Waals surface area contributed by atoms with Gasteiger partial charge < -0.3 is 14.0 Å². The fourth-order valence-electron chi connectivity index (χ4n) is 3.84. The molecule has 33 heavy (non-hydrogen) atoms. The van der Waals surface area contributed by atoms with Crippen molar-refractivity contribution >= 4 is 5.97 Å². The van der Waals surface area contributed by atoms with Crippen LogP contribution < -0.4 is 4.74 Å². The highest BCUT2D eigenvalue weighted by Crippen LogP contribution is 2.32. The molecule has 0 spiro atoms. The largest absolute Gasteiger partial charge is 0.494 e. The molecule has 0 atom stereocenters. The molecule has 0 N–H and O–H groups in total. The molecule has 0 aliphatic rings. The maximum absolute atomic E-state index is 11.8. The number of rotatable bonds is 9. The molecule has 4 rings (SSSR count). The molecule has 0 bridgehead atoms. The summed E-state index contributed by atoms with van der Waals surface area (Å²) in [5.41, 5.74) is 4.90. The van der Waals surface area contributed by atoms with Crippen molar-refractivity contribution in [1.29, 1.82) is 0 Å². The Morgan fingerprint density at radius 1 is 0.879 bits per heavy atom. The summed E-state index contributed by atoms with van der Waals surface area (Å²) in [6.45, 7) is 5.56. The second-order valence-electron chi connectivity index (χ2n) is 7.69. The maximum atomic E-state index is 11.8. The van der Waals surface area contributed by atoms with Gasteiger partial charge in [-0.2, -0.15) is 0 Å². The molecule has 0 saturated heterocycles. The molecule has 0 amide bonds. The van der Waals surface area contributed by atoms with Gasteiger partial charge in [-0.15, -0.1) is 0 Å². The topological polar surface area (TPSA) is 53.4 Å². The lowest BCUT2D eigenvalue weighted by molar-refractivity contribution is 0.0526. The van der Waals surface area contributed by atoms with E-state index in [1.807, 2.05) is 31.2 Å². The fourth-order valence-corrected chi connectivity index (χ4v) is 3.84. The Morgan fingerprint density at radius 3 is 2.15 bits per heavy atom. The Kier molecular flexibility index (Phi) is 7.20. The number of aryl methyl sites for hydroxylation is 1. The van der Waals surface area contributed by atoms with Gasteiger partial charge in [-0.05, 0) is 44.5 Å². The molecule has 0 radical (unpaired) electrons. The summed E-state index contributed by atoms with van der Waals surface area (Å²) < 4.78 is 13.2. The van der Waals surface area contributed by atoms with Crippen LogP contribution in [0, 0.1) is 6.92 Å². The van der Waals surface area contributed by atoms with Crippen molar-refractivity contribution in [2.24, 2.45) is 0 Å². The molecule has 3 aromatic carbocycles. The van der Waals surface area contributed by atoms with E-state index in [1.54, 1.807) is 31.2 Å². The molecule has 5 heteroatoms. The standard InChI is InChI=1S/C28H28N2O3/c1-3-32-28(31)24-15-17-25(18-16-24)33-20-10-19-30-21(2)29-26(22-11-6-4-7-12-22)27(30)23-13-8-5-9-14-23/h4-9,11-18H,3,10,19-20H2,1-2H3. The van der Waals surface area contributed by atoms with Crippen molar-refractivity contribution in [3.05, 3.63) is 96.3 Å². The van der Waals surface area contributed by atoms with Crippen molar-refractivity contribution in [2.75, 3.05) is 13.2 Å². The first kappa shape index (κ1) is 22.3. The van der Waals surface area contributed by atoms with Crippen LogP contribution in [-0.2, 0) is 11.3 Å². The predicted octanol–water partition coefficient (Wildman–Crippen LogP) is 6.17. The minimum absolute atomic E-state index is 0.317. The van der Waals surface area contributed by atoms with Crippen LogP contribution in [0.5, 0.6) is 5.75 Å². The lowest BCUT2D eigenvalue weighted by Crippen LogP contribution is -2.08. The Labute approximate surface area is 194 Å². The highest BCUT2D eigenvalue weighted by Gasteiger charge is 2.17. The average molecular weight is 441 g/mol. The van der Waals surface area contributed by atoms with Gasteiger partial charge >= 0.3 is 5.97 Å². The van der Waals surface area contributed by atoms with Crippen molar-refractivity contribution in [3.8, 4) is 28.3 Å². The van der Waals surface area contributed by atoms with E-state index in [4.69, 9.17) is 14.5 Å². The van der Waals surface area contributed by atoms with E-state index in [2.05, 4.69) is 41.0 Å². The first-order chi connectivity index (χ1) is 16.2. The van der Waals surface area contributed by atoms with Gasteiger partial charge in [0.05, 0.1) is 30.2 Å². The highest BCUT2D eigenvalue weighted by molar-refractivity contribution is 5.89. The van der Waals surface area contributed by atoms with E-state index < -0.39 is 0 Å². The second kappa shape index (κ2) is 10.6. The van der Waals surface area contributed by atoms with E-state index in [0.29, 0.717) is 18.8 Å². The monoisotopic (exact) mass is 440 g/mol. The SMILES string of the molecule is CCOC(=O)c1ccc(OCCCn2c(C)nc(-c3ccccc3)c2-c2ccccc2)cc1. The number of aromatic nitrogens is 2. The molecule has 0 aliphatic carbocycles. The maximum Gasteiger partial charge on any atom is 0.338 e. The van der Waals surface area contributed by atoms with Crippen LogP contribution in [0.2, 0.25) is 0 Å². The molecule has 0 aliphatic heterocycles. The predicted molar refractivity (Wildman–Crippen MR) is 130 cm³/mol. The third-order valence-electron chi connectivity index (χ3n) is 5.41. The minimum atomic E-state index is -0.317. The number of hydrogen-bond acceptors (Lipinski definition) is 4. The van der Waals surface area contributed by atoms with Crippen molar-refractivity contribution in [1.82, 2.24) is 9.55 Å². The van der Waals surface area contributed by atoms with Gasteiger partial charge in [0, 0.05) is 17.7 Å². The second-order valence-corrected chi connectivity index (χ2v) is 7.69. The average Bonchev–Trinajstić information content (AvgIpc) is 3.19. The van der Waals surface area contributed by atoms with Crippen LogP contribution in [0.3, 0.4) is 0 Å². The summed E-state index contributed by atoms with van der Waals surface area (Å²) in [7, 11) is 0. The highest BCUT2D eigenvalue weighted by atomic mass is 16.5. The molecule has 5 nitrogen and oxygen atoms in total. The number of carbonyl (C=O) groups excluding carboxylic acids is 1. The summed E-state index contributed by atoms with van der Waals surface area (Å²) in [5, 5.41) is 0. The van der Waals surface area contributed by atoms with Gasteiger partial charge in [-0.25, -0.2) is 9.78 Å². The normalized spacial score (nSPS) is 10.7. The van der Waals surface area contributed by atoms with Crippen molar-refractivity contribution < 1.29 is 14.3 Å². The number of benzene rings is 3. The van der Waals surface area contributed by atoms with Crippen LogP contribution in [0.25, 0.3) is 22.5 Å². The lowest BCUT2D eigenvalue weighted by Gasteiger charge is -2.13. The Hall–Kier alpha value is -3.86. The summed E-state index contributed by atoms with van der Waals surface area (Å²) in [5.74, 6) is 1.40. The third kappa shape index (κ3) is 5.32. The molecule has 0 fully saturated rings. The number of hydrogen-bond donors (Lipinski definition) is 0.